The molecule has 9 nitrogen and oxygen atoms in total. The standard InChI is InChI=1S/C32H33ClF3N7O2/c1-20(34)30(44)43-13-12-42(16-23(43)15-37-2)29-24-10-11-41(27-9-5-7-21-6-4-8-25(33)28(21)27)17-26(24)38-31(39-29)45-18-22-14-32(35,36)19-40(22)3/h4-9,22-23H,1,10-19H2,3H3/t22-,23-/m0/s1. The maximum Gasteiger partial charge on any atom is 0.318 e. The van der Waals surface area contributed by atoms with Crippen LogP contribution in [0.15, 0.2) is 48.8 Å². The molecule has 2 atom stereocenters. The van der Waals surface area contributed by atoms with Crippen LogP contribution in [0.4, 0.5) is 24.7 Å². The molecular formula is C32H33ClF3N7O2. The van der Waals surface area contributed by atoms with E-state index in [0.717, 1.165) is 27.7 Å². The van der Waals surface area contributed by atoms with Gasteiger partial charge in [0.25, 0.3) is 11.8 Å². The number of aromatic nitrogens is 2. The quantitative estimate of drug-likeness (QED) is 0.267. The number of carbonyl (C=O) groups is 1. The van der Waals surface area contributed by atoms with Crippen molar-refractivity contribution in [2.24, 2.45) is 0 Å². The largest absolute Gasteiger partial charge is 0.462 e. The van der Waals surface area contributed by atoms with E-state index in [9.17, 15) is 18.0 Å². The smallest absolute Gasteiger partial charge is 0.318 e. The second-order valence-electron chi connectivity index (χ2n) is 11.8. The zero-order valence-corrected chi connectivity index (χ0v) is 25.6. The molecule has 1 amide bonds. The van der Waals surface area contributed by atoms with Gasteiger partial charge in [-0.05, 0) is 31.0 Å². The van der Waals surface area contributed by atoms with Gasteiger partial charge >= 0.3 is 6.01 Å². The molecule has 3 aliphatic heterocycles. The number of nitrogens with zero attached hydrogens (tertiary/aromatic N) is 7. The van der Waals surface area contributed by atoms with Gasteiger partial charge in [0.1, 0.15) is 18.5 Å². The first kappa shape index (κ1) is 30.9. The lowest BCUT2D eigenvalue weighted by atomic mass is 10.0. The third-order valence-corrected chi connectivity index (χ3v) is 9.13. The van der Waals surface area contributed by atoms with Crippen molar-refractivity contribution >= 4 is 39.8 Å². The average Bonchev–Trinajstić information content (AvgIpc) is 3.29. The molecule has 2 fully saturated rings. The fourth-order valence-corrected chi connectivity index (χ4v) is 6.89. The van der Waals surface area contributed by atoms with Crippen LogP contribution in [0, 0.1) is 6.57 Å². The topological polar surface area (TPSA) is 69.4 Å². The van der Waals surface area contributed by atoms with Gasteiger partial charge in [0.05, 0.1) is 23.8 Å². The summed E-state index contributed by atoms with van der Waals surface area (Å²) in [6, 6.07) is 10.8. The van der Waals surface area contributed by atoms with Crippen molar-refractivity contribution in [1.29, 1.82) is 0 Å². The van der Waals surface area contributed by atoms with Crippen LogP contribution in [0.25, 0.3) is 15.6 Å². The van der Waals surface area contributed by atoms with Gasteiger partial charge in [0, 0.05) is 55.3 Å². The van der Waals surface area contributed by atoms with Gasteiger partial charge < -0.3 is 24.3 Å². The maximum atomic E-state index is 14.1. The zero-order chi connectivity index (χ0) is 31.9. The molecule has 4 heterocycles. The van der Waals surface area contributed by atoms with Crippen molar-refractivity contribution in [2.75, 3.05) is 62.7 Å². The predicted molar refractivity (Wildman–Crippen MR) is 167 cm³/mol. The number of ether oxygens (including phenoxy) is 1. The Morgan fingerprint density at radius 2 is 1.93 bits per heavy atom. The Labute approximate surface area is 264 Å². The number of amides is 1. The monoisotopic (exact) mass is 639 g/mol. The Balaban J connectivity index is 1.34. The minimum absolute atomic E-state index is 0.00575. The van der Waals surface area contributed by atoms with E-state index in [1.807, 2.05) is 41.3 Å². The number of fused-ring (bicyclic) bond motifs is 2. The van der Waals surface area contributed by atoms with Crippen LogP contribution < -0.4 is 14.5 Å². The number of rotatable bonds is 7. The molecular weight excluding hydrogens is 607 g/mol. The van der Waals surface area contributed by atoms with Crippen molar-refractivity contribution in [3.8, 4) is 6.01 Å². The SMILES string of the molecule is [C-]#[N+]C[C@H]1CN(c2nc(OC[C@@H]3CC(F)(F)CN3C)nc3c2CCN(c2cccc4cccc(Cl)c24)C3)CCN1C(=O)C(=C)F. The summed E-state index contributed by atoms with van der Waals surface area (Å²) in [5.74, 6) is -4.06. The lowest BCUT2D eigenvalue weighted by molar-refractivity contribution is -0.131. The number of alkyl halides is 2. The molecule has 3 aliphatic rings. The Kier molecular flexibility index (Phi) is 8.50. The molecule has 0 N–H and O–H groups in total. The summed E-state index contributed by atoms with van der Waals surface area (Å²) in [4.78, 5) is 32.6. The fourth-order valence-electron chi connectivity index (χ4n) is 6.61. The molecule has 2 saturated heterocycles. The number of hydrogen-bond donors (Lipinski definition) is 0. The summed E-state index contributed by atoms with van der Waals surface area (Å²) in [5, 5.41) is 2.61. The second kappa shape index (κ2) is 12.4. The summed E-state index contributed by atoms with van der Waals surface area (Å²) >= 11 is 6.65. The van der Waals surface area contributed by atoms with Gasteiger partial charge in [0.15, 0.2) is 5.83 Å². The van der Waals surface area contributed by atoms with E-state index >= 15 is 0 Å². The van der Waals surface area contributed by atoms with E-state index < -0.39 is 29.7 Å². The van der Waals surface area contributed by atoms with Crippen molar-refractivity contribution in [3.05, 3.63) is 76.5 Å². The number of likely N-dealkylation sites (N-methyl/N-ethyl adjacent to an activating group) is 1. The van der Waals surface area contributed by atoms with Gasteiger partial charge in [-0.1, -0.05) is 42.4 Å². The minimum atomic E-state index is -2.79. The number of piperazine rings is 1. The lowest BCUT2D eigenvalue weighted by Gasteiger charge is -2.41. The summed E-state index contributed by atoms with van der Waals surface area (Å²) in [6.45, 7) is 12.1. The predicted octanol–water partition coefficient (Wildman–Crippen LogP) is 4.98. The van der Waals surface area contributed by atoms with Gasteiger partial charge in [-0.25, -0.2) is 19.7 Å². The second-order valence-corrected chi connectivity index (χ2v) is 12.2. The van der Waals surface area contributed by atoms with Crippen LogP contribution in [-0.2, 0) is 17.8 Å². The Morgan fingerprint density at radius 1 is 1.16 bits per heavy atom. The first-order valence-corrected chi connectivity index (χ1v) is 15.2. The Bertz CT molecular complexity index is 1680. The normalized spacial score (nSPS) is 21.5. The van der Waals surface area contributed by atoms with Crippen LogP contribution in [0.3, 0.4) is 0 Å². The van der Waals surface area contributed by atoms with Crippen molar-refractivity contribution in [3.63, 3.8) is 0 Å². The average molecular weight is 640 g/mol. The van der Waals surface area contributed by atoms with Crippen LogP contribution in [0.1, 0.15) is 17.7 Å². The van der Waals surface area contributed by atoms with Gasteiger partial charge in [-0.15, -0.1) is 0 Å². The molecule has 0 saturated carbocycles. The van der Waals surface area contributed by atoms with Gasteiger partial charge in [-0.3, -0.25) is 9.69 Å². The number of benzene rings is 2. The van der Waals surface area contributed by atoms with Gasteiger partial charge in [-0.2, -0.15) is 9.97 Å². The zero-order valence-electron chi connectivity index (χ0n) is 24.9. The molecule has 3 aromatic rings. The molecule has 2 aromatic carbocycles. The molecule has 0 radical (unpaired) electrons. The van der Waals surface area contributed by atoms with Crippen LogP contribution in [0.2, 0.25) is 5.02 Å². The van der Waals surface area contributed by atoms with Crippen LogP contribution in [0.5, 0.6) is 6.01 Å². The summed E-state index contributed by atoms with van der Waals surface area (Å²) < 4.78 is 47.9. The van der Waals surface area contributed by atoms with E-state index in [1.54, 1.807) is 11.9 Å². The highest BCUT2D eigenvalue weighted by Crippen LogP contribution is 2.38. The number of likely N-dealkylation sites (tertiary alicyclic amines) is 1. The highest BCUT2D eigenvalue weighted by Gasteiger charge is 2.43. The van der Waals surface area contributed by atoms with E-state index in [1.165, 1.54) is 4.90 Å². The van der Waals surface area contributed by atoms with E-state index in [0.29, 0.717) is 36.9 Å². The maximum absolute atomic E-state index is 14.1. The van der Waals surface area contributed by atoms with Crippen LogP contribution in [-0.4, -0.2) is 96.6 Å². The van der Waals surface area contributed by atoms with E-state index in [4.69, 9.17) is 32.9 Å². The number of hydrogen-bond acceptors (Lipinski definition) is 7. The first-order valence-electron chi connectivity index (χ1n) is 14.8. The highest BCUT2D eigenvalue weighted by atomic mass is 35.5. The van der Waals surface area contributed by atoms with E-state index in [-0.39, 0.29) is 45.2 Å². The Morgan fingerprint density at radius 3 is 2.64 bits per heavy atom. The number of carbonyl (C=O) groups excluding carboxylic acids is 1. The van der Waals surface area contributed by atoms with Crippen LogP contribution >= 0.6 is 11.6 Å². The lowest BCUT2D eigenvalue weighted by Crippen LogP contribution is -2.57. The number of anilines is 2. The summed E-state index contributed by atoms with van der Waals surface area (Å²) in [5.41, 5.74) is 2.61. The number of halogens is 4. The molecule has 0 aliphatic carbocycles. The summed E-state index contributed by atoms with van der Waals surface area (Å²) in [7, 11) is 1.64. The molecule has 0 bridgehead atoms. The molecule has 6 rings (SSSR count). The highest BCUT2D eigenvalue weighted by molar-refractivity contribution is 6.36. The first-order chi connectivity index (χ1) is 21.5. The Hall–Kier alpha value is -4.08. The molecule has 13 heteroatoms. The van der Waals surface area contributed by atoms with Crippen molar-refractivity contribution in [2.45, 2.75) is 37.4 Å². The molecule has 236 valence electrons. The third-order valence-electron chi connectivity index (χ3n) is 8.82. The fraction of sp³-hybridized carbons (Fsp3) is 0.438. The summed E-state index contributed by atoms with van der Waals surface area (Å²) in [6.07, 6.45) is 0.280. The molecule has 0 unspecified atom stereocenters. The van der Waals surface area contributed by atoms with E-state index in [2.05, 4.69) is 16.3 Å². The third kappa shape index (κ3) is 6.24. The van der Waals surface area contributed by atoms with Gasteiger partial charge in [0.2, 0.25) is 6.54 Å². The molecule has 0 spiro atoms. The van der Waals surface area contributed by atoms with Crippen molar-refractivity contribution in [1.82, 2.24) is 19.8 Å². The minimum Gasteiger partial charge on any atom is -0.462 e. The van der Waals surface area contributed by atoms with Crippen molar-refractivity contribution < 1.29 is 22.7 Å². The molecule has 45 heavy (non-hydrogen) atoms. The molecule has 1 aromatic heterocycles.